The summed E-state index contributed by atoms with van der Waals surface area (Å²) in [6, 6.07) is 6.44. The molecule has 0 saturated heterocycles. The van der Waals surface area contributed by atoms with Crippen LogP contribution < -0.4 is 0 Å². The molecule has 1 aliphatic heterocycles. The van der Waals surface area contributed by atoms with Crippen molar-refractivity contribution in [1.29, 1.82) is 0 Å². The molecule has 23 heavy (non-hydrogen) atoms. The van der Waals surface area contributed by atoms with Gasteiger partial charge in [0.05, 0.1) is 11.1 Å². The van der Waals surface area contributed by atoms with E-state index in [0.717, 1.165) is 0 Å². The first kappa shape index (κ1) is 17.1. The molecule has 1 unspecified atom stereocenters. The van der Waals surface area contributed by atoms with Crippen molar-refractivity contribution in [2.24, 2.45) is 5.92 Å². The van der Waals surface area contributed by atoms with E-state index in [-0.39, 0.29) is 17.0 Å². The van der Waals surface area contributed by atoms with Gasteiger partial charge in [-0.1, -0.05) is 26.0 Å². The first-order valence-corrected chi connectivity index (χ1v) is 7.49. The second-order valence-corrected chi connectivity index (χ2v) is 6.75. The lowest BCUT2D eigenvalue weighted by atomic mass is 10.1. The molecule has 0 saturated carbocycles. The summed E-state index contributed by atoms with van der Waals surface area (Å²) in [5.41, 5.74) is -0.149. The number of hydrogen-bond donors (Lipinski definition) is 0. The molecule has 2 rings (SSSR count). The number of hydrogen-bond acceptors (Lipinski definition) is 5. The standard InChI is InChI=1S/C17H21NO5/c1-10(2)13(16(21)22-17(3,4)5)23-18-14(19)11-8-6-7-9-12(11)15(18)20/h6-10,13H,1-5H3. The monoisotopic (exact) mass is 319 g/mol. The highest BCUT2D eigenvalue weighted by Crippen LogP contribution is 2.25. The molecular weight excluding hydrogens is 298 g/mol. The van der Waals surface area contributed by atoms with Crippen molar-refractivity contribution in [1.82, 2.24) is 5.06 Å². The Morgan fingerprint density at radius 3 is 1.91 bits per heavy atom. The zero-order chi connectivity index (χ0) is 17.4. The van der Waals surface area contributed by atoms with Gasteiger partial charge in [-0.2, -0.15) is 0 Å². The molecule has 0 spiro atoms. The predicted octanol–water partition coefficient (Wildman–Crippen LogP) is 2.58. The minimum atomic E-state index is -1.04. The van der Waals surface area contributed by atoms with Crippen LogP contribution in [0.3, 0.4) is 0 Å². The van der Waals surface area contributed by atoms with Crippen LogP contribution >= 0.6 is 0 Å². The second-order valence-electron chi connectivity index (χ2n) is 6.75. The Hall–Kier alpha value is -2.21. The van der Waals surface area contributed by atoms with Crippen molar-refractivity contribution in [3.8, 4) is 0 Å². The van der Waals surface area contributed by atoms with Crippen molar-refractivity contribution in [3.05, 3.63) is 35.4 Å². The lowest BCUT2D eigenvalue weighted by Crippen LogP contribution is -2.43. The first-order valence-electron chi connectivity index (χ1n) is 7.49. The van der Waals surface area contributed by atoms with E-state index < -0.39 is 29.5 Å². The zero-order valence-electron chi connectivity index (χ0n) is 14.0. The van der Waals surface area contributed by atoms with E-state index in [1.807, 2.05) is 0 Å². The van der Waals surface area contributed by atoms with E-state index in [0.29, 0.717) is 5.06 Å². The molecule has 0 N–H and O–H groups in total. The van der Waals surface area contributed by atoms with Gasteiger partial charge < -0.3 is 4.74 Å². The summed E-state index contributed by atoms with van der Waals surface area (Å²) >= 11 is 0. The van der Waals surface area contributed by atoms with E-state index in [1.165, 1.54) is 0 Å². The molecule has 1 aromatic carbocycles. The molecule has 0 aromatic heterocycles. The number of nitrogens with zero attached hydrogens (tertiary/aromatic N) is 1. The van der Waals surface area contributed by atoms with E-state index in [2.05, 4.69) is 0 Å². The Labute approximate surface area is 135 Å². The molecule has 1 atom stereocenters. The highest BCUT2D eigenvalue weighted by atomic mass is 16.7. The molecule has 6 heteroatoms. The minimum Gasteiger partial charge on any atom is -0.458 e. The number of ether oxygens (including phenoxy) is 1. The third kappa shape index (κ3) is 3.59. The average Bonchev–Trinajstić information content (AvgIpc) is 2.67. The third-order valence-corrected chi connectivity index (χ3v) is 3.22. The lowest BCUT2D eigenvalue weighted by molar-refractivity contribution is -0.195. The number of carbonyl (C=O) groups excluding carboxylic acids is 3. The number of benzene rings is 1. The van der Waals surface area contributed by atoms with Gasteiger partial charge in [0.2, 0.25) is 0 Å². The van der Waals surface area contributed by atoms with Gasteiger partial charge in [0.15, 0.2) is 6.10 Å². The molecule has 0 fully saturated rings. The third-order valence-electron chi connectivity index (χ3n) is 3.22. The second kappa shape index (κ2) is 6.12. The van der Waals surface area contributed by atoms with Crippen LogP contribution in [0.15, 0.2) is 24.3 Å². The molecule has 6 nitrogen and oxygen atoms in total. The lowest BCUT2D eigenvalue weighted by Gasteiger charge is -2.27. The summed E-state index contributed by atoms with van der Waals surface area (Å²) in [5, 5.41) is 0.652. The highest BCUT2D eigenvalue weighted by molar-refractivity contribution is 6.20. The number of imide groups is 1. The quantitative estimate of drug-likeness (QED) is 0.630. The molecule has 1 aliphatic rings. The zero-order valence-corrected chi connectivity index (χ0v) is 14.0. The van der Waals surface area contributed by atoms with Crippen LogP contribution in [0.1, 0.15) is 55.3 Å². The van der Waals surface area contributed by atoms with Gasteiger partial charge in [-0.15, -0.1) is 5.06 Å². The predicted molar refractivity (Wildman–Crippen MR) is 82.5 cm³/mol. The van der Waals surface area contributed by atoms with E-state index >= 15 is 0 Å². The van der Waals surface area contributed by atoms with Gasteiger partial charge in [-0.3, -0.25) is 9.59 Å². The van der Waals surface area contributed by atoms with Crippen LogP contribution in [0.5, 0.6) is 0 Å². The van der Waals surface area contributed by atoms with Gasteiger partial charge in [-0.05, 0) is 38.8 Å². The summed E-state index contributed by atoms with van der Waals surface area (Å²) < 4.78 is 5.31. The van der Waals surface area contributed by atoms with Crippen LogP contribution in [0.2, 0.25) is 0 Å². The fraction of sp³-hybridized carbons (Fsp3) is 0.471. The van der Waals surface area contributed by atoms with Crippen molar-refractivity contribution in [3.63, 3.8) is 0 Å². The maximum atomic E-state index is 12.3. The molecule has 124 valence electrons. The van der Waals surface area contributed by atoms with E-state index in [1.54, 1.807) is 58.9 Å². The van der Waals surface area contributed by atoms with Crippen LogP contribution in [0.4, 0.5) is 0 Å². The van der Waals surface area contributed by atoms with Gasteiger partial charge in [-0.25, -0.2) is 9.63 Å². The number of fused-ring (bicyclic) bond motifs is 1. The summed E-state index contributed by atoms with van der Waals surface area (Å²) in [7, 11) is 0. The van der Waals surface area contributed by atoms with Gasteiger partial charge in [0.25, 0.3) is 11.8 Å². The largest absolute Gasteiger partial charge is 0.458 e. The molecule has 1 aromatic rings. The van der Waals surface area contributed by atoms with Crippen LogP contribution in [0, 0.1) is 5.92 Å². The molecule has 0 aliphatic carbocycles. The molecule has 0 radical (unpaired) electrons. The Kier molecular flexibility index (Phi) is 4.56. The van der Waals surface area contributed by atoms with Crippen molar-refractivity contribution in [2.45, 2.75) is 46.3 Å². The van der Waals surface area contributed by atoms with Gasteiger partial charge >= 0.3 is 5.97 Å². The Morgan fingerprint density at radius 2 is 1.52 bits per heavy atom. The Balaban J connectivity index is 2.21. The number of hydroxylamine groups is 2. The molecular formula is C17H21NO5. The van der Waals surface area contributed by atoms with Crippen molar-refractivity contribution >= 4 is 17.8 Å². The first-order chi connectivity index (χ1) is 10.6. The summed E-state index contributed by atoms with van der Waals surface area (Å²) in [5.74, 6) is -2.02. The summed E-state index contributed by atoms with van der Waals surface area (Å²) in [4.78, 5) is 42.3. The summed E-state index contributed by atoms with van der Waals surface area (Å²) in [6.07, 6.45) is -1.04. The number of amides is 2. The number of carbonyl (C=O) groups is 3. The maximum absolute atomic E-state index is 12.3. The minimum absolute atomic E-state index is 0.268. The Morgan fingerprint density at radius 1 is 1.04 bits per heavy atom. The van der Waals surface area contributed by atoms with Crippen molar-refractivity contribution in [2.75, 3.05) is 0 Å². The SMILES string of the molecule is CC(C)C(ON1C(=O)c2ccccc2C1=O)C(=O)OC(C)(C)C. The molecule has 2 amide bonds. The summed E-state index contributed by atoms with van der Waals surface area (Å²) in [6.45, 7) is 8.73. The van der Waals surface area contributed by atoms with Crippen LogP contribution in [-0.4, -0.2) is 34.6 Å². The normalized spacial score (nSPS) is 15.8. The fourth-order valence-corrected chi connectivity index (χ4v) is 2.17. The average molecular weight is 319 g/mol. The topological polar surface area (TPSA) is 72.9 Å². The molecule has 1 heterocycles. The number of esters is 1. The smallest absolute Gasteiger partial charge is 0.338 e. The van der Waals surface area contributed by atoms with Crippen LogP contribution in [0.25, 0.3) is 0 Å². The molecule has 0 bridgehead atoms. The van der Waals surface area contributed by atoms with Crippen molar-refractivity contribution < 1.29 is 24.0 Å². The highest BCUT2D eigenvalue weighted by Gasteiger charge is 2.41. The Bertz CT molecular complexity index is 610. The van der Waals surface area contributed by atoms with E-state index in [4.69, 9.17) is 9.57 Å². The maximum Gasteiger partial charge on any atom is 0.338 e. The van der Waals surface area contributed by atoms with E-state index in [9.17, 15) is 14.4 Å². The number of rotatable bonds is 4. The van der Waals surface area contributed by atoms with Crippen LogP contribution in [-0.2, 0) is 14.4 Å². The van der Waals surface area contributed by atoms with Gasteiger partial charge in [0, 0.05) is 0 Å². The van der Waals surface area contributed by atoms with Gasteiger partial charge in [0.1, 0.15) is 5.60 Å². The fourth-order valence-electron chi connectivity index (χ4n) is 2.17.